The Morgan fingerprint density at radius 3 is 2.39 bits per heavy atom. The second-order valence-corrected chi connectivity index (χ2v) is 7.97. The summed E-state index contributed by atoms with van der Waals surface area (Å²) in [5.41, 5.74) is 0.158. The number of para-hydroxylation sites is 2. The fourth-order valence-electron chi connectivity index (χ4n) is 4.06. The van der Waals surface area contributed by atoms with Gasteiger partial charge in [-0.2, -0.15) is 0 Å². The molecule has 7 nitrogen and oxygen atoms in total. The van der Waals surface area contributed by atoms with Crippen LogP contribution in [0, 0.1) is 0 Å². The highest BCUT2D eigenvalue weighted by Crippen LogP contribution is 2.46. The van der Waals surface area contributed by atoms with Crippen molar-refractivity contribution in [2.24, 2.45) is 0 Å². The number of ether oxygens (including phenoxy) is 4. The molecule has 172 valence electrons. The number of carbonyl (C=O) groups is 1. The summed E-state index contributed by atoms with van der Waals surface area (Å²) < 4.78 is 22.8. The van der Waals surface area contributed by atoms with Crippen molar-refractivity contribution in [3.05, 3.63) is 83.9 Å². The highest BCUT2D eigenvalue weighted by atomic mass is 16.7. The summed E-state index contributed by atoms with van der Waals surface area (Å²) in [6.45, 7) is 3.84. The Morgan fingerprint density at radius 2 is 1.70 bits per heavy atom. The molecule has 0 saturated heterocycles. The third-order valence-corrected chi connectivity index (χ3v) is 5.45. The highest BCUT2D eigenvalue weighted by Gasteiger charge is 2.52. The van der Waals surface area contributed by atoms with Crippen LogP contribution in [0.5, 0.6) is 17.2 Å². The lowest BCUT2D eigenvalue weighted by atomic mass is 9.81. The summed E-state index contributed by atoms with van der Waals surface area (Å²) in [5.74, 6) is 0.647. The summed E-state index contributed by atoms with van der Waals surface area (Å²) in [6.07, 6.45) is -0.327. The van der Waals surface area contributed by atoms with Crippen LogP contribution in [0.3, 0.4) is 0 Å². The maximum absolute atomic E-state index is 13.6. The summed E-state index contributed by atoms with van der Waals surface area (Å²) in [6, 6.07) is 20.7. The number of rotatable bonds is 8. The molecule has 0 amide bonds. The quantitative estimate of drug-likeness (QED) is 0.378. The van der Waals surface area contributed by atoms with E-state index in [-0.39, 0.29) is 18.6 Å². The number of esters is 1. The van der Waals surface area contributed by atoms with Crippen LogP contribution in [0.2, 0.25) is 0 Å². The monoisotopic (exact) mass is 449 g/mol. The number of phenols is 1. The fraction of sp³-hybridized carbons (Fsp3) is 0.269. The van der Waals surface area contributed by atoms with Gasteiger partial charge in [-0.1, -0.05) is 48.5 Å². The molecule has 3 aromatic rings. The maximum atomic E-state index is 13.6. The lowest BCUT2D eigenvalue weighted by Gasteiger charge is -2.41. The van der Waals surface area contributed by atoms with Crippen LogP contribution in [0.25, 0.3) is 0 Å². The zero-order chi connectivity index (χ0) is 23.4. The summed E-state index contributed by atoms with van der Waals surface area (Å²) in [7, 11) is 1.33. The second kappa shape index (κ2) is 9.42. The van der Waals surface area contributed by atoms with Crippen molar-refractivity contribution in [2.75, 3.05) is 19.2 Å². The Morgan fingerprint density at radius 1 is 1.00 bits per heavy atom. The van der Waals surface area contributed by atoms with Gasteiger partial charge in [0, 0.05) is 0 Å². The standard InChI is InChI=1S/C26H27NO6/c1-17(2)33-26(25(29)30-3,19-9-5-4-6-10-19)24(27-20-11-7-8-12-21(20)28)18-13-14-22-23(15-18)32-16-31-22/h4-15,17,24,27-28H,16H2,1-3H3/t24-,26-/m0/s1. The van der Waals surface area contributed by atoms with Crippen LogP contribution in [-0.2, 0) is 19.9 Å². The first-order valence-electron chi connectivity index (χ1n) is 10.7. The first kappa shape index (κ1) is 22.5. The SMILES string of the molecule is COC(=O)[C@](OC(C)C)(c1ccccc1)[C@@H](Nc1ccccc1O)c1ccc2c(c1)OCO2. The third-order valence-electron chi connectivity index (χ3n) is 5.45. The number of methoxy groups -OCH3 is 1. The Bertz CT molecular complexity index is 1120. The van der Waals surface area contributed by atoms with Crippen molar-refractivity contribution in [1.29, 1.82) is 0 Å². The fourth-order valence-corrected chi connectivity index (χ4v) is 4.06. The molecule has 0 saturated carbocycles. The zero-order valence-electron chi connectivity index (χ0n) is 18.8. The normalized spacial score (nSPS) is 15.0. The number of phenolic OH excluding ortho intramolecular Hbond substituents is 1. The minimum absolute atomic E-state index is 0.0413. The van der Waals surface area contributed by atoms with E-state index in [4.69, 9.17) is 18.9 Å². The van der Waals surface area contributed by atoms with Gasteiger partial charge in [-0.25, -0.2) is 4.79 Å². The van der Waals surface area contributed by atoms with Crippen LogP contribution >= 0.6 is 0 Å². The van der Waals surface area contributed by atoms with E-state index in [2.05, 4.69) is 5.32 Å². The maximum Gasteiger partial charge on any atom is 0.345 e. The molecule has 0 unspecified atom stereocenters. The van der Waals surface area contributed by atoms with Crippen LogP contribution in [0.4, 0.5) is 5.69 Å². The molecular weight excluding hydrogens is 422 g/mol. The molecule has 2 atom stereocenters. The van der Waals surface area contributed by atoms with Gasteiger partial charge in [0.05, 0.1) is 24.9 Å². The average molecular weight is 450 g/mol. The molecule has 4 rings (SSSR count). The summed E-state index contributed by atoms with van der Waals surface area (Å²) >= 11 is 0. The third kappa shape index (κ3) is 4.32. The minimum Gasteiger partial charge on any atom is -0.506 e. The molecule has 7 heteroatoms. The molecule has 33 heavy (non-hydrogen) atoms. The lowest BCUT2D eigenvalue weighted by molar-refractivity contribution is -0.181. The van der Waals surface area contributed by atoms with Gasteiger partial charge in [0.25, 0.3) is 0 Å². The number of benzene rings is 3. The molecular formula is C26H27NO6. The van der Waals surface area contributed by atoms with E-state index in [9.17, 15) is 9.90 Å². The predicted octanol–water partition coefficient (Wildman–Crippen LogP) is 4.77. The number of anilines is 1. The number of hydrogen-bond acceptors (Lipinski definition) is 7. The molecule has 0 aliphatic carbocycles. The van der Waals surface area contributed by atoms with E-state index in [1.807, 2.05) is 56.3 Å². The largest absolute Gasteiger partial charge is 0.506 e. The zero-order valence-corrected chi connectivity index (χ0v) is 18.8. The summed E-state index contributed by atoms with van der Waals surface area (Å²) in [5, 5.41) is 13.9. The minimum atomic E-state index is -1.58. The van der Waals surface area contributed by atoms with E-state index in [0.717, 1.165) is 0 Å². The topological polar surface area (TPSA) is 86.3 Å². The molecule has 0 bridgehead atoms. The predicted molar refractivity (Wildman–Crippen MR) is 123 cm³/mol. The number of aromatic hydroxyl groups is 1. The van der Waals surface area contributed by atoms with Gasteiger partial charge >= 0.3 is 5.97 Å². The van der Waals surface area contributed by atoms with Crippen LogP contribution in [-0.4, -0.2) is 31.1 Å². The lowest BCUT2D eigenvalue weighted by Crippen LogP contribution is -2.49. The Hall–Kier alpha value is -3.71. The molecule has 0 fully saturated rings. The van der Waals surface area contributed by atoms with Crippen molar-refractivity contribution < 1.29 is 28.8 Å². The van der Waals surface area contributed by atoms with Gasteiger partial charge in [0.15, 0.2) is 11.5 Å². The van der Waals surface area contributed by atoms with Crippen molar-refractivity contribution in [3.63, 3.8) is 0 Å². The second-order valence-electron chi connectivity index (χ2n) is 7.97. The van der Waals surface area contributed by atoms with E-state index < -0.39 is 17.6 Å². The van der Waals surface area contributed by atoms with Crippen molar-refractivity contribution in [2.45, 2.75) is 31.6 Å². The van der Waals surface area contributed by atoms with E-state index in [1.165, 1.54) is 7.11 Å². The first-order chi connectivity index (χ1) is 16.0. The molecule has 3 aromatic carbocycles. The number of fused-ring (bicyclic) bond motifs is 1. The Balaban J connectivity index is 1.96. The van der Waals surface area contributed by atoms with Gasteiger partial charge in [-0.3, -0.25) is 0 Å². The van der Waals surface area contributed by atoms with Gasteiger partial charge in [0.2, 0.25) is 12.4 Å². The molecule has 0 radical (unpaired) electrons. The highest BCUT2D eigenvalue weighted by molar-refractivity contribution is 5.84. The molecule has 0 spiro atoms. The van der Waals surface area contributed by atoms with Gasteiger partial charge < -0.3 is 29.4 Å². The smallest absolute Gasteiger partial charge is 0.345 e. The number of carbonyl (C=O) groups excluding carboxylic acids is 1. The summed E-state index contributed by atoms with van der Waals surface area (Å²) in [4.78, 5) is 13.6. The van der Waals surface area contributed by atoms with Crippen molar-refractivity contribution >= 4 is 11.7 Å². The van der Waals surface area contributed by atoms with Crippen molar-refractivity contribution in [1.82, 2.24) is 0 Å². The van der Waals surface area contributed by atoms with Gasteiger partial charge in [-0.15, -0.1) is 0 Å². The molecule has 1 aliphatic heterocycles. The van der Waals surface area contributed by atoms with E-state index in [1.54, 1.807) is 30.3 Å². The molecule has 0 aromatic heterocycles. The van der Waals surface area contributed by atoms with Crippen LogP contribution < -0.4 is 14.8 Å². The van der Waals surface area contributed by atoms with Gasteiger partial charge in [-0.05, 0) is 49.2 Å². The van der Waals surface area contributed by atoms with E-state index >= 15 is 0 Å². The number of nitrogens with one attached hydrogen (secondary N) is 1. The molecule has 1 heterocycles. The van der Waals surface area contributed by atoms with E-state index in [0.29, 0.717) is 28.3 Å². The average Bonchev–Trinajstić information content (AvgIpc) is 3.30. The van der Waals surface area contributed by atoms with Crippen LogP contribution in [0.1, 0.15) is 31.0 Å². The number of hydrogen-bond donors (Lipinski definition) is 2. The van der Waals surface area contributed by atoms with Crippen molar-refractivity contribution in [3.8, 4) is 17.2 Å². The first-order valence-corrected chi connectivity index (χ1v) is 10.7. The Kier molecular flexibility index (Phi) is 6.42. The molecule has 1 aliphatic rings. The molecule has 2 N–H and O–H groups in total. The Labute approximate surface area is 192 Å². The van der Waals surface area contributed by atoms with Gasteiger partial charge in [0.1, 0.15) is 5.75 Å². The van der Waals surface area contributed by atoms with Crippen LogP contribution in [0.15, 0.2) is 72.8 Å².